The largest absolute Gasteiger partial charge is 0.352 e. The molecule has 0 saturated carbocycles. The standard InChI is InChI=1S/C20H21BrN6O2/c1-13-25-18(29-26-13)16-7-2-3-8-17(16)19(28)27-9-5-4-6-15(27)12-24-20-22-10-14(21)11-23-20/h2-3,7-8,10-11,15H,4-6,9,12H2,1H3,(H,22,23,24)/t15-/m0/s1. The minimum atomic E-state index is -0.0281. The molecule has 3 heterocycles. The van der Waals surface area contributed by atoms with Gasteiger partial charge in [-0.2, -0.15) is 4.98 Å². The fourth-order valence-corrected chi connectivity index (χ4v) is 3.71. The lowest BCUT2D eigenvalue weighted by atomic mass is 9.99. The maximum atomic E-state index is 13.4. The molecule has 0 radical (unpaired) electrons. The predicted molar refractivity (Wildman–Crippen MR) is 111 cm³/mol. The number of carbonyl (C=O) groups excluding carboxylic acids is 1. The lowest BCUT2D eigenvalue weighted by Gasteiger charge is -2.36. The smallest absolute Gasteiger partial charge is 0.258 e. The van der Waals surface area contributed by atoms with E-state index >= 15 is 0 Å². The van der Waals surface area contributed by atoms with Gasteiger partial charge < -0.3 is 14.7 Å². The lowest BCUT2D eigenvalue weighted by molar-refractivity contribution is 0.0628. The Bertz CT molecular complexity index is 991. The third kappa shape index (κ3) is 4.45. The van der Waals surface area contributed by atoms with Gasteiger partial charge in [0, 0.05) is 31.5 Å². The number of piperidine rings is 1. The second-order valence-electron chi connectivity index (χ2n) is 6.95. The van der Waals surface area contributed by atoms with Crippen molar-refractivity contribution in [3.05, 3.63) is 52.5 Å². The summed E-state index contributed by atoms with van der Waals surface area (Å²) in [6, 6.07) is 7.43. The van der Waals surface area contributed by atoms with Gasteiger partial charge in [-0.15, -0.1) is 0 Å². The first-order chi connectivity index (χ1) is 14.1. The van der Waals surface area contributed by atoms with Gasteiger partial charge in [0.15, 0.2) is 5.82 Å². The van der Waals surface area contributed by atoms with Crippen molar-refractivity contribution in [1.82, 2.24) is 25.0 Å². The third-order valence-corrected chi connectivity index (χ3v) is 5.33. The molecule has 8 nitrogen and oxygen atoms in total. The van der Waals surface area contributed by atoms with E-state index in [1.165, 1.54) is 0 Å². The summed E-state index contributed by atoms with van der Waals surface area (Å²) in [4.78, 5) is 28.1. The van der Waals surface area contributed by atoms with Crippen LogP contribution in [-0.4, -0.2) is 50.0 Å². The van der Waals surface area contributed by atoms with E-state index in [9.17, 15) is 4.79 Å². The molecular weight excluding hydrogens is 436 g/mol. The van der Waals surface area contributed by atoms with Gasteiger partial charge in [0.05, 0.1) is 15.6 Å². The molecule has 29 heavy (non-hydrogen) atoms. The summed E-state index contributed by atoms with van der Waals surface area (Å²) in [6.45, 7) is 3.06. The molecule has 1 aromatic carbocycles. The van der Waals surface area contributed by atoms with E-state index in [1.54, 1.807) is 19.3 Å². The van der Waals surface area contributed by atoms with Gasteiger partial charge in [-0.25, -0.2) is 9.97 Å². The van der Waals surface area contributed by atoms with Crippen LogP contribution in [0.25, 0.3) is 11.5 Å². The molecule has 1 aliphatic rings. The van der Waals surface area contributed by atoms with E-state index in [1.807, 2.05) is 29.2 Å². The first-order valence-electron chi connectivity index (χ1n) is 9.54. The number of carbonyl (C=O) groups is 1. The summed E-state index contributed by atoms with van der Waals surface area (Å²) in [5.41, 5.74) is 1.23. The van der Waals surface area contributed by atoms with Crippen LogP contribution in [0.3, 0.4) is 0 Å². The number of nitrogens with one attached hydrogen (secondary N) is 1. The fourth-order valence-electron chi connectivity index (χ4n) is 3.51. The van der Waals surface area contributed by atoms with Crippen LogP contribution in [-0.2, 0) is 0 Å². The molecule has 9 heteroatoms. The van der Waals surface area contributed by atoms with Gasteiger partial charge in [-0.1, -0.05) is 17.3 Å². The minimum absolute atomic E-state index is 0.0281. The van der Waals surface area contributed by atoms with Crippen LogP contribution in [0.4, 0.5) is 5.95 Å². The highest BCUT2D eigenvalue weighted by Gasteiger charge is 2.29. The quantitative estimate of drug-likeness (QED) is 0.624. The molecule has 0 bridgehead atoms. The number of nitrogens with zero attached hydrogens (tertiary/aromatic N) is 5. The van der Waals surface area contributed by atoms with Gasteiger partial charge in [0.1, 0.15) is 0 Å². The van der Waals surface area contributed by atoms with Crippen LogP contribution in [0, 0.1) is 6.92 Å². The maximum absolute atomic E-state index is 13.4. The molecule has 0 aliphatic carbocycles. The summed E-state index contributed by atoms with van der Waals surface area (Å²) in [5.74, 6) is 1.42. The molecule has 1 saturated heterocycles. The normalized spacial score (nSPS) is 16.6. The summed E-state index contributed by atoms with van der Waals surface area (Å²) in [6.07, 6.45) is 6.39. The molecule has 3 aromatic rings. The molecule has 4 rings (SSSR count). The number of rotatable bonds is 5. The van der Waals surface area contributed by atoms with Crippen molar-refractivity contribution >= 4 is 27.8 Å². The average molecular weight is 457 g/mol. The number of anilines is 1. The topological polar surface area (TPSA) is 97.0 Å². The molecule has 150 valence electrons. The van der Waals surface area contributed by atoms with Gasteiger partial charge in [0.25, 0.3) is 11.8 Å². The van der Waals surface area contributed by atoms with E-state index in [-0.39, 0.29) is 11.9 Å². The Labute approximate surface area is 176 Å². The third-order valence-electron chi connectivity index (χ3n) is 4.92. The average Bonchev–Trinajstić information content (AvgIpc) is 3.19. The molecule has 0 spiro atoms. The molecule has 1 amide bonds. The SMILES string of the molecule is Cc1noc(-c2ccccc2C(=O)N2CCCC[C@H]2CNc2ncc(Br)cn2)n1. The van der Waals surface area contributed by atoms with Gasteiger partial charge >= 0.3 is 0 Å². The zero-order valence-corrected chi connectivity index (χ0v) is 17.6. The number of aromatic nitrogens is 4. The predicted octanol–water partition coefficient (Wildman–Crippen LogP) is 3.70. The summed E-state index contributed by atoms with van der Waals surface area (Å²) >= 11 is 3.33. The molecule has 1 N–H and O–H groups in total. The fraction of sp³-hybridized carbons (Fsp3) is 0.350. The Balaban J connectivity index is 1.54. The molecule has 0 unspecified atom stereocenters. The minimum Gasteiger partial charge on any atom is -0.352 e. The van der Waals surface area contributed by atoms with Crippen molar-refractivity contribution in [2.24, 2.45) is 0 Å². The van der Waals surface area contributed by atoms with Crippen LogP contribution >= 0.6 is 15.9 Å². The summed E-state index contributed by atoms with van der Waals surface area (Å²) < 4.78 is 6.13. The van der Waals surface area contributed by atoms with E-state index in [0.717, 1.165) is 23.7 Å². The zero-order chi connectivity index (χ0) is 20.2. The van der Waals surface area contributed by atoms with Crippen LogP contribution < -0.4 is 5.32 Å². The lowest BCUT2D eigenvalue weighted by Crippen LogP contribution is -2.47. The Morgan fingerprint density at radius 2 is 2.07 bits per heavy atom. The van der Waals surface area contributed by atoms with Gasteiger partial charge in [-0.05, 0) is 54.2 Å². The Kier molecular flexibility index (Phi) is 5.84. The van der Waals surface area contributed by atoms with Crippen LogP contribution in [0.5, 0.6) is 0 Å². The second kappa shape index (κ2) is 8.69. The Hall–Kier alpha value is -2.81. The monoisotopic (exact) mass is 456 g/mol. The van der Waals surface area contributed by atoms with Crippen LogP contribution in [0.1, 0.15) is 35.4 Å². The summed E-state index contributed by atoms with van der Waals surface area (Å²) in [7, 11) is 0. The number of benzene rings is 1. The van der Waals surface area contributed by atoms with Crippen LogP contribution in [0.2, 0.25) is 0 Å². The molecule has 2 aromatic heterocycles. The van der Waals surface area contributed by atoms with Crippen molar-refractivity contribution in [2.75, 3.05) is 18.4 Å². The second-order valence-corrected chi connectivity index (χ2v) is 7.86. The van der Waals surface area contributed by atoms with Gasteiger partial charge in [0.2, 0.25) is 5.95 Å². The number of aryl methyl sites for hydroxylation is 1. The Morgan fingerprint density at radius 1 is 1.28 bits per heavy atom. The van der Waals surface area contributed by atoms with E-state index < -0.39 is 0 Å². The van der Waals surface area contributed by atoms with Crippen LogP contribution in [0.15, 0.2) is 45.7 Å². The summed E-state index contributed by atoms with van der Waals surface area (Å²) in [5, 5.41) is 7.10. The number of likely N-dealkylation sites (tertiary alicyclic amines) is 1. The Morgan fingerprint density at radius 3 is 2.83 bits per heavy atom. The first-order valence-corrected chi connectivity index (χ1v) is 10.3. The highest BCUT2D eigenvalue weighted by atomic mass is 79.9. The first kappa shape index (κ1) is 19.5. The van der Waals surface area contributed by atoms with Crippen molar-refractivity contribution in [1.29, 1.82) is 0 Å². The van der Waals surface area contributed by atoms with E-state index in [0.29, 0.717) is 41.9 Å². The number of hydrogen-bond donors (Lipinski definition) is 1. The zero-order valence-electron chi connectivity index (χ0n) is 16.0. The van der Waals surface area contributed by atoms with E-state index in [2.05, 4.69) is 41.4 Å². The molecular formula is C20H21BrN6O2. The number of hydrogen-bond acceptors (Lipinski definition) is 7. The molecule has 1 aliphatic heterocycles. The highest BCUT2D eigenvalue weighted by Crippen LogP contribution is 2.26. The molecule has 1 fully saturated rings. The molecule has 1 atom stereocenters. The van der Waals surface area contributed by atoms with Crippen molar-refractivity contribution < 1.29 is 9.32 Å². The van der Waals surface area contributed by atoms with Gasteiger partial charge in [-0.3, -0.25) is 4.79 Å². The van der Waals surface area contributed by atoms with Crippen molar-refractivity contribution in [2.45, 2.75) is 32.2 Å². The maximum Gasteiger partial charge on any atom is 0.258 e. The van der Waals surface area contributed by atoms with Crippen molar-refractivity contribution in [3.63, 3.8) is 0 Å². The number of halogens is 1. The number of amides is 1. The highest BCUT2D eigenvalue weighted by molar-refractivity contribution is 9.10. The van der Waals surface area contributed by atoms with Crippen molar-refractivity contribution in [3.8, 4) is 11.5 Å². The van der Waals surface area contributed by atoms with E-state index in [4.69, 9.17) is 4.52 Å².